The highest BCUT2D eigenvalue weighted by molar-refractivity contribution is 5.96. The zero-order valence-corrected chi connectivity index (χ0v) is 22.1. The summed E-state index contributed by atoms with van der Waals surface area (Å²) in [7, 11) is 0. The molecule has 0 saturated heterocycles. The molecule has 0 radical (unpaired) electrons. The molecule has 1 aromatic heterocycles. The molecule has 0 spiro atoms. The molecule has 0 atom stereocenters. The molecular formula is C37H28N2. The quantitative estimate of drug-likeness (QED) is 0.241. The van der Waals surface area contributed by atoms with E-state index in [9.17, 15) is 0 Å². The highest BCUT2D eigenvalue weighted by Crippen LogP contribution is 2.52. The lowest BCUT2D eigenvalue weighted by atomic mass is 9.81. The second kappa shape index (κ2) is 9.18. The van der Waals surface area contributed by atoms with Crippen LogP contribution >= 0.6 is 0 Å². The maximum atomic E-state index is 5.14. The van der Waals surface area contributed by atoms with E-state index in [1.54, 1.807) is 0 Å². The number of rotatable bonds is 4. The van der Waals surface area contributed by atoms with Crippen molar-refractivity contribution in [2.75, 3.05) is 0 Å². The third kappa shape index (κ3) is 3.88. The molecule has 0 fully saturated rings. The first-order valence-electron chi connectivity index (χ1n) is 13.4. The molecule has 0 aliphatic heterocycles. The second-order valence-corrected chi connectivity index (χ2v) is 10.6. The summed E-state index contributed by atoms with van der Waals surface area (Å²) in [5.74, 6) is 0.728. The Kier molecular flexibility index (Phi) is 5.49. The van der Waals surface area contributed by atoms with Gasteiger partial charge in [0.25, 0.3) is 0 Å². The van der Waals surface area contributed by atoms with E-state index in [-0.39, 0.29) is 5.41 Å². The zero-order valence-electron chi connectivity index (χ0n) is 22.1. The van der Waals surface area contributed by atoms with Crippen molar-refractivity contribution in [1.82, 2.24) is 9.97 Å². The molecule has 0 N–H and O–H groups in total. The van der Waals surface area contributed by atoms with Crippen molar-refractivity contribution in [1.29, 1.82) is 0 Å². The fraction of sp³-hybridized carbons (Fsp3) is 0.0811. The minimum absolute atomic E-state index is 0.0489. The van der Waals surface area contributed by atoms with Crippen molar-refractivity contribution in [2.45, 2.75) is 19.3 Å². The number of nitrogens with zero attached hydrogens (tertiary/aromatic N) is 2. The van der Waals surface area contributed by atoms with Crippen molar-refractivity contribution < 1.29 is 0 Å². The monoisotopic (exact) mass is 500 g/mol. The predicted octanol–water partition coefficient (Wildman–Crippen LogP) is 9.45. The van der Waals surface area contributed by atoms with Gasteiger partial charge in [-0.2, -0.15) is 0 Å². The van der Waals surface area contributed by atoms with E-state index in [1.807, 2.05) is 24.3 Å². The molecule has 1 aliphatic carbocycles. The highest BCUT2D eigenvalue weighted by Gasteiger charge is 2.36. The topological polar surface area (TPSA) is 25.8 Å². The maximum absolute atomic E-state index is 5.14. The summed E-state index contributed by atoms with van der Waals surface area (Å²) in [6.07, 6.45) is 0. The van der Waals surface area contributed by atoms with Gasteiger partial charge in [0.05, 0.1) is 11.4 Å². The smallest absolute Gasteiger partial charge is 0.160 e. The Bertz CT molecular complexity index is 1760. The molecule has 0 amide bonds. The minimum atomic E-state index is -0.0489. The second-order valence-electron chi connectivity index (χ2n) is 10.6. The predicted molar refractivity (Wildman–Crippen MR) is 161 cm³/mol. The molecule has 7 rings (SSSR count). The fourth-order valence-corrected chi connectivity index (χ4v) is 5.98. The first-order valence-corrected chi connectivity index (χ1v) is 13.4. The van der Waals surface area contributed by atoms with Crippen LogP contribution in [0, 0.1) is 0 Å². The van der Waals surface area contributed by atoms with Gasteiger partial charge in [0.2, 0.25) is 0 Å². The Hall–Kier alpha value is -4.82. The van der Waals surface area contributed by atoms with Crippen molar-refractivity contribution in [2.24, 2.45) is 0 Å². The van der Waals surface area contributed by atoms with Crippen molar-refractivity contribution in [3.8, 4) is 56.2 Å². The number of hydrogen-bond donors (Lipinski definition) is 0. The van der Waals surface area contributed by atoms with Gasteiger partial charge in [-0.25, -0.2) is 9.97 Å². The number of fused-ring (bicyclic) bond motifs is 3. The third-order valence-corrected chi connectivity index (χ3v) is 7.93. The molecule has 2 heteroatoms. The van der Waals surface area contributed by atoms with Crippen LogP contribution in [-0.4, -0.2) is 9.97 Å². The van der Waals surface area contributed by atoms with Crippen LogP contribution in [0.25, 0.3) is 56.2 Å². The molecular weight excluding hydrogens is 472 g/mol. The van der Waals surface area contributed by atoms with Gasteiger partial charge in [-0.3, -0.25) is 0 Å². The minimum Gasteiger partial charge on any atom is -0.228 e. The molecule has 1 aliphatic rings. The van der Waals surface area contributed by atoms with Crippen LogP contribution < -0.4 is 0 Å². The Morgan fingerprint density at radius 2 is 0.974 bits per heavy atom. The van der Waals surface area contributed by atoms with Crippen LogP contribution in [0.1, 0.15) is 25.0 Å². The molecule has 0 unspecified atom stereocenters. The van der Waals surface area contributed by atoms with Gasteiger partial charge in [-0.05, 0) is 39.4 Å². The van der Waals surface area contributed by atoms with Crippen molar-refractivity contribution in [3.05, 3.63) is 145 Å². The van der Waals surface area contributed by atoms with Gasteiger partial charge in [-0.15, -0.1) is 0 Å². The SMILES string of the molecule is CC1(C)c2ccccc2-c2c(-c3ccccc3-c3cc(-c4ccccc4)nc(-c4ccccc4)n3)cccc21. The maximum Gasteiger partial charge on any atom is 0.160 e. The molecule has 2 nitrogen and oxygen atoms in total. The van der Waals surface area contributed by atoms with E-state index in [0.717, 1.165) is 33.9 Å². The van der Waals surface area contributed by atoms with E-state index in [2.05, 4.69) is 123 Å². The van der Waals surface area contributed by atoms with Crippen LogP contribution in [0.3, 0.4) is 0 Å². The number of aromatic nitrogens is 2. The lowest BCUT2D eigenvalue weighted by molar-refractivity contribution is 0.660. The summed E-state index contributed by atoms with van der Waals surface area (Å²) in [5, 5.41) is 0. The summed E-state index contributed by atoms with van der Waals surface area (Å²) in [4.78, 5) is 10.1. The van der Waals surface area contributed by atoms with Crippen LogP contribution in [-0.2, 0) is 5.41 Å². The van der Waals surface area contributed by atoms with E-state index in [1.165, 1.54) is 33.4 Å². The van der Waals surface area contributed by atoms with Gasteiger partial charge in [-0.1, -0.05) is 141 Å². The van der Waals surface area contributed by atoms with E-state index in [4.69, 9.17) is 9.97 Å². The van der Waals surface area contributed by atoms with Crippen LogP contribution in [0.2, 0.25) is 0 Å². The lowest BCUT2D eigenvalue weighted by Crippen LogP contribution is -2.14. The average Bonchev–Trinajstić information content (AvgIpc) is 3.24. The zero-order chi connectivity index (χ0) is 26.4. The molecule has 186 valence electrons. The summed E-state index contributed by atoms with van der Waals surface area (Å²) in [6.45, 7) is 4.66. The molecule has 6 aromatic rings. The van der Waals surface area contributed by atoms with Gasteiger partial charge in [0, 0.05) is 22.1 Å². The van der Waals surface area contributed by atoms with Gasteiger partial charge >= 0.3 is 0 Å². The summed E-state index contributed by atoms with van der Waals surface area (Å²) in [6, 6.07) is 46.9. The first-order chi connectivity index (χ1) is 19.1. The Labute approximate surface area is 229 Å². The third-order valence-electron chi connectivity index (χ3n) is 7.93. The summed E-state index contributed by atoms with van der Waals surface area (Å²) in [5.41, 5.74) is 12.8. The van der Waals surface area contributed by atoms with Crippen molar-refractivity contribution in [3.63, 3.8) is 0 Å². The van der Waals surface area contributed by atoms with E-state index < -0.39 is 0 Å². The van der Waals surface area contributed by atoms with Crippen LogP contribution in [0.4, 0.5) is 0 Å². The van der Waals surface area contributed by atoms with Gasteiger partial charge < -0.3 is 0 Å². The Balaban J connectivity index is 1.48. The lowest BCUT2D eigenvalue weighted by Gasteiger charge is -2.22. The standard InChI is InChI=1S/C37H28N2/c1-37(2)31-22-12-11-20-30(31)35-29(21-13-23-32(35)37)27-18-9-10-19-28(27)34-24-33(25-14-5-3-6-15-25)38-36(39-34)26-16-7-4-8-17-26/h3-24H,1-2H3. The van der Waals surface area contributed by atoms with Crippen LogP contribution in [0.15, 0.2) is 133 Å². The van der Waals surface area contributed by atoms with E-state index >= 15 is 0 Å². The summed E-state index contributed by atoms with van der Waals surface area (Å²) < 4.78 is 0. The fourth-order valence-electron chi connectivity index (χ4n) is 5.98. The average molecular weight is 501 g/mol. The van der Waals surface area contributed by atoms with Gasteiger partial charge in [0.15, 0.2) is 5.82 Å². The van der Waals surface area contributed by atoms with Gasteiger partial charge in [0.1, 0.15) is 0 Å². The summed E-state index contributed by atoms with van der Waals surface area (Å²) >= 11 is 0. The Morgan fingerprint density at radius 1 is 0.436 bits per heavy atom. The number of hydrogen-bond acceptors (Lipinski definition) is 2. The molecule has 1 heterocycles. The van der Waals surface area contributed by atoms with E-state index in [0.29, 0.717) is 0 Å². The molecule has 5 aromatic carbocycles. The number of benzene rings is 5. The molecule has 39 heavy (non-hydrogen) atoms. The largest absolute Gasteiger partial charge is 0.228 e. The Morgan fingerprint density at radius 3 is 1.72 bits per heavy atom. The molecule has 0 saturated carbocycles. The first kappa shape index (κ1) is 23.3. The normalized spacial score (nSPS) is 13.1. The highest BCUT2D eigenvalue weighted by atomic mass is 14.9. The van der Waals surface area contributed by atoms with Crippen molar-refractivity contribution >= 4 is 0 Å². The molecule has 0 bridgehead atoms. The van der Waals surface area contributed by atoms with Crippen LogP contribution in [0.5, 0.6) is 0 Å².